The van der Waals surface area contributed by atoms with E-state index in [1.165, 1.54) is 5.56 Å². The smallest absolute Gasteiger partial charge is 0.123 e. The molecule has 106 valence electrons. The Kier molecular flexibility index (Phi) is 3.76. The number of halogens is 1. The van der Waals surface area contributed by atoms with Crippen molar-refractivity contribution in [2.75, 3.05) is 0 Å². The van der Waals surface area contributed by atoms with Gasteiger partial charge in [0.25, 0.3) is 0 Å². The van der Waals surface area contributed by atoms with Gasteiger partial charge < -0.3 is 10.5 Å². The van der Waals surface area contributed by atoms with Crippen LogP contribution in [0.15, 0.2) is 28.9 Å². The molecule has 1 aliphatic rings. The van der Waals surface area contributed by atoms with Crippen LogP contribution >= 0.6 is 15.9 Å². The Labute approximate surface area is 126 Å². The number of rotatable bonds is 4. The maximum absolute atomic E-state index is 5.95. The van der Waals surface area contributed by atoms with E-state index in [2.05, 4.69) is 32.3 Å². The molecule has 0 saturated heterocycles. The summed E-state index contributed by atoms with van der Waals surface area (Å²) in [6.45, 7) is 2.73. The fourth-order valence-corrected chi connectivity index (χ4v) is 2.79. The first-order valence-electron chi connectivity index (χ1n) is 6.76. The average molecular weight is 337 g/mol. The lowest BCUT2D eigenvalue weighted by atomic mass is 10.1. The molecular weight excluding hydrogens is 320 g/mol. The van der Waals surface area contributed by atoms with E-state index in [9.17, 15) is 0 Å². The Morgan fingerprint density at radius 2 is 2.40 bits per heavy atom. The number of nitrogens with zero attached hydrogens (tertiary/aromatic N) is 3. The third-order valence-electron chi connectivity index (χ3n) is 3.53. The van der Waals surface area contributed by atoms with Crippen LogP contribution in [-0.4, -0.2) is 21.1 Å². The summed E-state index contributed by atoms with van der Waals surface area (Å²) < 4.78 is 8.82. The van der Waals surface area contributed by atoms with Crippen molar-refractivity contribution in [3.63, 3.8) is 0 Å². The topological polar surface area (TPSA) is 66.0 Å². The van der Waals surface area contributed by atoms with Crippen molar-refractivity contribution in [3.8, 4) is 5.75 Å². The van der Waals surface area contributed by atoms with E-state index >= 15 is 0 Å². The molecule has 0 aliphatic carbocycles. The highest BCUT2D eigenvalue weighted by Crippen LogP contribution is 2.31. The Hall–Kier alpha value is -1.40. The molecule has 0 saturated carbocycles. The minimum absolute atomic E-state index is 0.0404. The standard InChI is InChI=1S/C14H17BrN4O/c1-2-12(16)13-8-19(18-17-13)7-11-6-9-5-10(15)3-4-14(9)20-11/h3-5,8,11-12H,2,6-7,16H2,1H3. The first kappa shape index (κ1) is 13.6. The van der Waals surface area contributed by atoms with E-state index in [1.807, 2.05) is 29.9 Å². The summed E-state index contributed by atoms with van der Waals surface area (Å²) in [5.41, 5.74) is 8.02. The van der Waals surface area contributed by atoms with Gasteiger partial charge in [-0.25, -0.2) is 4.68 Å². The molecule has 5 nitrogen and oxygen atoms in total. The van der Waals surface area contributed by atoms with Crippen LogP contribution in [0.4, 0.5) is 0 Å². The molecule has 0 amide bonds. The summed E-state index contributed by atoms with van der Waals surface area (Å²) in [4.78, 5) is 0. The van der Waals surface area contributed by atoms with Gasteiger partial charge in [0.2, 0.25) is 0 Å². The Morgan fingerprint density at radius 1 is 1.55 bits per heavy atom. The van der Waals surface area contributed by atoms with Gasteiger partial charge in [0, 0.05) is 10.9 Å². The van der Waals surface area contributed by atoms with E-state index in [-0.39, 0.29) is 12.1 Å². The zero-order valence-corrected chi connectivity index (χ0v) is 12.9. The lowest BCUT2D eigenvalue weighted by Gasteiger charge is -2.09. The van der Waals surface area contributed by atoms with E-state index in [0.29, 0.717) is 6.54 Å². The molecule has 20 heavy (non-hydrogen) atoms. The van der Waals surface area contributed by atoms with E-state index in [1.54, 1.807) is 0 Å². The van der Waals surface area contributed by atoms with Gasteiger partial charge in [-0.1, -0.05) is 28.1 Å². The van der Waals surface area contributed by atoms with Crippen LogP contribution in [0.25, 0.3) is 0 Å². The largest absolute Gasteiger partial charge is 0.488 e. The predicted octanol–water partition coefficient (Wildman–Crippen LogP) is 2.45. The lowest BCUT2D eigenvalue weighted by molar-refractivity contribution is 0.202. The predicted molar refractivity (Wildman–Crippen MR) is 79.5 cm³/mol. The lowest BCUT2D eigenvalue weighted by Crippen LogP contribution is -2.21. The van der Waals surface area contributed by atoms with Crippen molar-refractivity contribution in [1.82, 2.24) is 15.0 Å². The van der Waals surface area contributed by atoms with Crippen molar-refractivity contribution in [2.24, 2.45) is 5.73 Å². The molecular formula is C14H17BrN4O. The number of fused-ring (bicyclic) bond motifs is 1. The number of ether oxygens (including phenoxy) is 1. The fourth-order valence-electron chi connectivity index (χ4n) is 2.38. The maximum Gasteiger partial charge on any atom is 0.123 e. The number of hydrogen-bond donors (Lipinski definition) is 1. The van der Waals surface area contributed by atoms with E-state index in [0.717, 1.165) is 28.8 Å². The molecule has 2 heterocycles. The van der Waals surface area contributed by atoms with Crippen LogP contribution in [0.3, 0.4) is 0 Å². The van der Waals surface area contributed by atoms with Crippen molar-refractivity contribution in [3.05, 3.63) is 40.1 Å². The molecule has 3 rings (SSSR count). The molecule has 2 N–H and O–H groups in total. The zero-order valence-electron chi connectivity index (χ0n) is 11.3. The van der Waals surface area contributed by atoms with Gasteiger partial charge in [0.05, 0.1) is 24.5 Å². The van der Waals surface area contributed by atoms with Gasteiger partial charge in [-0.2, -0.15) is 0 Å². The second-order valence-corrected chi connectivity index (χ2v) is 5.99. The first-order chi connectivity index (χ1) is 9.65. The molecule has 0 fully saturated rings. The molecule has 0 spiro atoms. The van der Waals surface area contributed by atoms with Crippen LogP contribution in [-0.2, 0) is 13.0 Å². The molecule has 1 aromatic heterocycles. The van der Waals surface area contributed by atoms with Crippen LogP contribution in [0, 0.1) is 0 Å². The van der Waals surface area contributed by atoms with Crippen LogP contribution in [0.2, 0.25) is 0 Å². The average Bonchev–Trinajstić information content (AvgIpc) is 3.04. The van der Waals surface area contributed by atoms with Crippen molar-refractivity contribution >= 4 is 15.9 Å². The van der Waals surface area contributed by atoms with Gasteiger partial charge in [0.15, 0.2) is 0 Å². The van der Waals surface area contributed by atoms with Gasteiger partial charge in [-0.3, -0.25) is 0 Å². The van der Waals surface area contributed by atoms with Crippen LogP contribution in [0.1, 0.15) is 30.6 Å². The summed E-state index contributed by atoms with van der Waals surface area (Å²) >= 11 is 3.48. The van der Waals surface area contributed by atoms with Gasteiger partial charge in [0.1, 0.15) is 11.9 Å². The van der Waals surface area contributed by atoms with Gasteiger partial charge >= 0.3 is 0 Å². The number of benzene rings is 1. The molecule has 2 aromatic rings. The second kappa shape index (κ2) is 5.54. The summed E-state index contributed by atoms with van der Waals surface area (Å²) in [6.07, 6.45) is 3.77. The van der Waals surface area contributed by atoms with E-state index in [4.69, 9.17) is 10.5 Å². The number of aromatic nitrogens is 3. The number of nitrogens with two attached hydrogens (primary N) is 1. The second-order valence-electron chi connectivity index (χ2n) is 5.08. The molecule has 2 unspecified atom stereocenters. The van der Waals surface area contributed by atoms with Crippen molar-refractivity contribution < 1.29 is 4.74 Å². The molecule has 0 bridgehead atoms. The number of hydrogen-bond acceptors (Lipinski definition) is 4. The third-order valence-corrected chi connectivity index (χ3v) is 4.02. The summed E-state index contributed by atoms with van der Waals surface area (Å²) in [5.74, 6) is 0.962. The molecule has 0 radical (unpaired) electrons. The highest BCUT2D eigenvalue weighted by Gasteiger charge is 2.24. The maximum atomic E-state index is 5.95. The Bertz CT molecular complexity index is 613. The van der Waals surface area contributed by atoms with Crippen molar-refractivity contribution in [1.29, 1.82) is 0 Å². The molecule has 2 atom stereocenters. The summed E-state index contributed by atoms with van der Waals surface area (Å²) in [7, 11) is 0. The fraction of sp³-hybridized carbons (Fsp3) is 0.429. The quantitative estimate of drug-likeness (QED) is 0.931. The monoisotopic (exact) mass is 336 g/mol. The van der Waals surface area contributed by atoms with Crippen LogP contribution < -0.4 is 10.5 Å². The summed E-state index contributed by atoms with van der Waals surface area (Å²) in [6, 6.07) is 6.06. The molecule has 1 aromatic carbocycles. The Balaban J connectivity index is 1.67. The van der Waals surface area contributed by atoms with E-state index < -0.39 is 0 Å². The third kappa shape index (κ3) is 2.71. The summed E-state index contributed by atoms with van der Waals surface area (Å²) in [5, 5.41) is 8.24. The van der Waals surface area contributed by atoms with Gasteiger partial charge in [-0.05, 0) is 30.2 Å². The first-order valence-corrected chi connectivity index (χ1v) is 7.55. The minimum atomic E-state index is -0.0404. The molecule has 1 aliphatic heterocycles. The van der Waals surface area contributed by atoms with Gasteiger partial charge in [-0.15, -0.1) is 5.10 Å². The highest BCUT2D eigenvalue weighted by atomic mass is 79.9. The normalized spacial score (nSPS) is 18.6. The Morgan fingerprint density at radius 3 is 3.20 bits per heavy atom. The molecule has 6 heteroatoms. The van der Waals surface area contributed by atoms with Crippen molar-refractivity contribution in [2.45, 2.75) is 38.5 Å². The zero-order chi connectivity index (χ0) is 14.1. The minimum Gasteiger partial charge on any atom is -0.488 e. The SMILES string of the molecule is CCC(N)c1cn(CC2Cc3cc(Br)ccc3O2)nn1. The van der Waals surface area contributed by atoms with Crippen LogP contribution in [0.5, 0.6) is 5.75 Å². The highest BCUT2D eigenvalue weighted by molar-refractivity contribution is 9.10.